The number of carbonyl (C=O) groups is 10. The van der Waals surface area contributed by atoms with Gasteiger partial charge in [0.2, 0.25) is 17.7 Å². The molecule has 0 saturated carbocycles. The predicted octanol–water partition coefficient (Wildman–Crippen LogP) is 20.1. The number of nitrogens with two attached hydrogens (primary N) is 3. The molecule has 145 heavy (non-hydrogen) atoms. The van der Waals surface area contributed by atoms with E-state index < -0.39 is 69.0 Å². The lowest BCUT2D eigenvalue weighted by atomic mass is 10.1. The molecule has 0 aliphatic carbocycles. The second-order valence-electron chi connectivity index (χ2n) is 36.3. The molecular weight excluding hydrogens is 1860 g/mol. The second-order valence-corrected chi connectivity index (χ2v) is 36.3. The number of rotatable bonds is 46. The maximum Gasteiger partial charge on any atom is 0.338 e. The predicted molar refractivity (Wildman–Crippen MR) is 556 cm³/mol. The third-order valence-corrected chi connectivity index (χ3v) is 20.3. The Hall–Kier alpha value is -16.9. The molecule has 0 aliphatic heterocycles. The number of nitrogens with one attached hydrogen (secondary N) is 7. The topological polar surface area (TPSA) is 512 Å². The van der Waals surface area contributed by atoms with Crippen molar-refractivity contribution in [1.29, 1.82) is 0 Å². The molecule has 11 aromatic rings. The Bertz CT molecular complexity index is 6530. The summed E-state index contributed by atoms with van der Waals surface area (Å²) in [7, 11) is 0. The first kappa shape index (κ1) is 112. The Kier molecular flexibility index (Phi) is 41.3. The highest BCUT2D eigenvalue weighted by Crippen LogP contribution is 2.39. The molecule has 0 heterocycles. The van der Waals surface area contributed by atoms with Crippen molar-refractivity contribution in [2.24, 2.45) is 46.8 Å². The smallest absolute Gasteiger partial charge is 0.338 e. The first-order valence-corrected chi connectivity index (χ1v) is 47.0. The summed E-state index contributed by atoms with van der Waals surface area (Å²) in [6, 6.07) is 54.1. The van der Waals surface area contributed by atoms with Gasteiger partial charge in [-0.25, -0.2) is 4.79 Å². The molecule has 764 valence electrons. The van der Waals surface area contributed by atoms with Crippen molar-refractivity contribution in [2.45, 2.75) is 136 Å². The van der Waals surface area contributed by atoms with Crippen LogP contribution in [0.15, 0.2) is 219 Å². The normalized spacial score (nSPS) is 10.9. The number of benzene rings is 11. The fraction of sp³-hybridized carbons (Fsp3) is 0.303. The number of esters is 1. The summed E-state index contributed by atoms with van der Waals surface area (Å²) in [6.45, 7) is 35.4. The third kappa shape index (κ3) is 34.2. The van der Waals surface area contributed by atoms with Crippen LogP contribution >= 0.6 is 0 Å². The number of anilines is 7. The van der Waals surface area contributed by atoms with E-state index in [0.29, 0.717) is 77.6 Å². The van der Waals surface area contributed by atoms with E-state index in [9.17, 15) is 68.2 Å². The van der Waals surface area contributed by atoms with Gasteiger partial charge < -0.3 is 102 Å². The Morgan fingerprint density at radius 3 is 0.910 bits per heavy atom. The maximum atomic E-state index is 13.6. The zero-order valence-electron chi connectivity index (χ0n) is 83.8. The van der Waals surface area contributed by atoms with Gasteiger partial charge in [-0.05, 0) is 227 Å². The van der Waals surface area contributed by atoms with Crippen LogP contribution in [0.25, 0.3) is 10.8 Å². The summed E-state index contributed by atoms with van der Waals surface area (Å²) >= 11 is 0. The molecule has 11 aromatic carbocycles. The number of nitrogens with zero attached hydrogens (tertiary/aromatic N) is 2. The molecule has 13 N–H and O–H groups in total. The maximum absolute atomic E-state index is 13.6. The van der Waals surface area contributed by atoms with Crippen LogP contribution in [0.1, 0.15) is 210 Å². The van der Waals surface area contributed by atoms with Crippen LogP contribution in [0.3, 0.4) is 0 Å². The standard InChI is InChI=1S/C41H42N4O8.C36H44N4O8.C32H38N4O8/c1-25(2)23-52-37-21-31(12-15-34(37)44-41(48)32-13-16-35(45(49)50)38(22-32)53-24-26(3)4)40(47)43-33-14-11-30(39(42)46)20-36(33)51-18-17-27-9-10-28-7-5-6-8-29(28)19-27;1-8-15-45-36(44)26-11-14-29(32(18-26)48-23(6)7)40-34(42)24-9-12-27(30(16-24)46-20-21(2)3)39-35(43)25-10-13-28(38-33(41)19-37)31(17-25)47-22(4)5;1-18(2)16-42-27-14-22(31(38)35-25-10-7-21(30(33)37)13-28(25)44-20(5)6)8-11-24(27)34-32(39)23-9-12-26(36(40)41)29(15-23)43-17-19(3)4/h5-16,19-22,25-26H,17-18,23-24H2,1-4H3,(H2,42,46)(H,43,47)(H,44,48);8-14,16-18,21-23H,1,15,19-20,37H2,2-7H3,(H,38,41)(H,39,43)(H,40,42);7-15,18-20H,16-17H2,1-6H3,(H2,33,37)(H,34,39)(H,35,38). The van der Waals surface area contributed by atoms with Gasteiger partial charge in [0.15, 0.2) is 11.5 Å². The van der Waals surface area contributed by atoms with Crippen LogP contribution in [0.5, 0.6) is 51.7 Å². The molecule has 11 rings (SSSR count). The lowest BCUT2D eigenvalue weighted by Crippen LogP contribution is -2.23. The number of fused-ring (bicyclic) bond motifs is 1. The molecule has 0 spiro atoms. The summed E-state index contributed by atoms with van der Waals surface area (Å²) in [5.41, 5.74) is 21.2. The van der Waals surface area contributed by atoms with Crippen molar-refractivity contribution in [1.82, 2.24) is 0 Å². The molecule has 0 unspecified atom stereocenters. The summed E-state index contributed by atoms with van der Waals surface area (Å²) in [5, 5.41) is 44.8. The van der Waals surface area contributed by atoms with Gasteiger partial charge in [-0.2, -0.15) is 0 Å². The van der Waals surface area contributed by atoms with E-state index in [4.69, 9.17) is 64.6 Å². The first-order valence-electron chi connectivity index (χ1n) is 47.0. The molecule has 0 fully saturated rings. The van der Waals surface area contributed by atoms with Crippen molar-refractivity contribution in [3.63, 3.8) is 0 Å². The summed E-state index contributed by atoms with van der Waals surface area (Å²) in [5.74, 6) is -2.67. The largest absolute Gasteiger partial charge is 0.491 e. The number of hydrogen-bond acceptors (Lipinski definition) is 25. The zero-order valence-corrected chi connectivity index (χ0v) is 83.8. The van der Waals surface area contributed by atoms with Crippen molar-refractivity contribution >= 4 is 121 Å². The molecule has 0 radical (unpaired) electrons. The van der Waals surface area contributed by atoms with E-state index >= 15 is 0 Å². The van der Waals surface area contributed by atoms with E-state index in [1.54, 1.807) is 42.5 Å². The minimum absolute atomic E-state index is 0.00988. The molecule has 36 nitrogen and oxygen atoms in total. The Balaban J connectivity index is 0.000000243. The molecule has 0 bridgehead atoms. The van der Waals surface area contributed by atoms with Gasteiger partial charge in [-0.3, -0.25) is 63.4 Å². The van der Waals surface area contributed by atoms with Crippen molar-refractivity contribution in [3.05, 3.63) is 295 Å². The highest BCUT2D eigenvalue weighted by atomic mass is 16.6. The summed E-state index contributed by atoms with van der Waals surface area (Å²) in [6.07, 6.45) is 1.34. The number of amides is 9. The van der Waals surface area contributed by atoms with Crippen molar-refractivity contribution in [3.8, 4) is 51.7 Å². The molecule has 36 heteroatoms. The van der Waals surface area contributed by atoms with E-state index in [0.717, 1.165) is 16.3 Å². The lowest BCUT2D eigenvalue weighted by Gasteiger charge is -2.18. The monoisotopic (exact) mass is 1980 g/mol. The van der Waals surface area contributed by atoms with Crippen LogP contribution in [0.2, 0.25) is 0 Å². The van der Waals surface area contributed by atoms with Gasteiger partial charge in [-0.15, -0.1) is 0 Å². The minimum atomic E-state index is -0.639. The molecule has 0 atom stereocenters. The van der Waals surface area contributed by atoms with E-state index in [1.165, 1.54) is 127 Å². The quantitative estimate of drug-likeness (QED) is 0.00733. The number of primary amides is 2. The van der Waals surface area contributed by atoms with Crippen LogP contribution in [-0.4, -0.2) is 140 Å². The Labute approximate surface area is 840 Å². The van der Waals surface area contributed by atoms with Crippen LogP contribution in [-0.2, 0) is 16.0 Å². The molecular formula is C109H124N12O24. The lowest BCUT2D eigenvalue weighted by molar-refractivity contribution is -0.386. The highest BCUT2D eigenvalue weighted by molar-refractivity contribution is 6.12. The fourth-order valence-electron chi connectivity index (χ4n) is 13.3. The molecule has 9 amide bonds. The van der Waals surface area contributed by atoms with Crippen LogP contribution in [0, 0.1) is 49.8 Å². The van der Waals surface area contributed by atoms with Gasteiger partial charge in [0, 0.05) is 75.2 Å². The van der Waals surface area contributed by atoms with E-state index in [1.807, 2.05) is 141 Å². The third-order valence-electron chi connectivity index (χ3n) is 20.3. The Morgan fingerprint density at radius 2 is 0.593 bits per heavy atom. The fourth-order valence-corrected chi connectivity index (χ4v) is 13.3. The van der Waals surface area contributed by atoms with Gasteiger partial charge in [-0.1, -0.05) is 124 Å². The van der Waals surface area contributed by atoms with Crippen LogP contribution in [0.4, 0.5) is 51.2 Å². The first-order chi connectivity index (χ1) is 68.9. The number of nitro groups is 2. The number of ether oxygens (including phenoxy) is 10. The number of hydrogen-bond donors (Lipinski definition) is 10. The van der Waals surface area contributed by atoms with Gasteiger partial charge in [0.05, 0.1) is 120 Å². The average molecular weight is 1990 g/mol. The average Bonchev–Trinajstić information content (AvgIpc) is 0.815. The minimum Gasteiger partial charge on any atom is -0.491 e. The zero-order chi connectivity index (χ0) is 106. The highest BCUT2D eigenvalue weighted by Gasteiger charge is 2.28. The SMILES string of the molecule is C=CCOC(=O)c1ccc(NC(=O)c2ccc(NC(=O)c3ccc(NC(=O)CN)c(OC(C)C)c3)c(OCC(C)C)c2)c(OC(C)C)c1.CC(C)COc1cc(C(=O)Nc2ccc(C(N)=O)cc2OC(C)C)ccc1NC(=O)c1ccc([N+](=O)[O-])c(OCC(C)C)c1.CC(C)COc1cc(C(=O)Nc2ccc(C(N)=O)cc2OCCc2ccc3ccccc3c2)ccc1NC(=O)c1ccc([N+](=O)[O-])c(OCC(C)C)c1. The van der Waals surface area contributed by atoms with Crippen LogP contribution < -0.4 is 97.1 Å². The summed E-state index contributed by atoms with van der Waals surface area (Å²) in [4.78, 5) is 150. The summed E-state index contributed by atoms with van der Waals surface area (Å²) < 4.78 is 57.9. The van der Waals surface area contributed by atoms with Crippen molar-refractivity contribution in [2.75, 3.05) is 90.0 Å². The van der Waals surface area contributed by atoms with E-state index in [2.05, 4.69) is 55.9 Å². The Morgan fingerprint density at radius 1 is 0.324 bits per heavy atom. The van der Waals surface area contributed by atoms with Crippen molar-refractivity contribution < 1.29 is 105 Å². The van der Waals surface area contributed by atoms with E-state index in [-0.39, 0.29) is 183 Å². The van der Waals surface area contributed by atoms with Gasteiger partial charge >= 0.3 is 17.3 Å². The molecule has 0 saturated heterocycles. The number of nitro benzene ring substituents is 2. The second kappa shape index (κ2) is 53.6. The molecule has 0 aromatic heterocycles. The van der Waals surface area contributed by atoms with Gasteiger partial charge in [0.25, 0.3) is 35.4 Å². The van der Waals surface area contributed by atoms with Gasteiger partial charge in [0.1, 0.15) is 46.9 Å². The molecule has 0 aliphatic rings. The number of carbonyl (C=O) groups excluding carboxylic acids is 10.